The lowest BCUT2D eigenvalue weighted by molar-refractivity contribution is 0.169. The zero-order chi connectivity index (χ0) is 10.7. The predicted molar refractivity (Wildman–Crippen MR) is 60.5 cm³/mol. The van der Waals surface area contributed by atoms with Gasteiger partial charge in [0, 0.05) is 11.3 Å². The van der Waals surface area contributed by atoms with Gasteiger partial charge in [-0.3, -0.25) is 0 Å². The molecule has 0 saturated carbocycles. The lowest BCUT2D eigenvalue weighted by atomic mass is 10.1. The molecule has 0 aromatic heterocycles. The first-order valence-electron chi connectivity index (χ1n) is 5.04. The van der Waals surface area contributed by atoms with E-state index in [4.69, 9.17) is 10.5 Å². The van der Waals surface area contributed by atoms with Crippen molar-refractivity contribution in [3.63, 3.8) is 0 Å². The Morgan fingerprint density at radius 3 is 2.43 bits per heavy atom. The van der Waals surface area contributed by atoms with Crippen LogP contribution >= 0.6 is 0 Å². The molecule has 0 radical (unpaired) electrons. The molecule has 0 bridgehead atoms. The molecule has 2 N–H and O–H groups in total. The van der Waals surface area contributed by atoms with Crippen molar-refractivity contribution in [1.29, 1.82) is 0 Å². The normalized spacial score (nSPS) is 12.9. The standard InChI is InChI=1S/C12H19NO/c1-8(2)10(4)14-12-7-5-6-11(13)9(12)3/h5-8,10H,13H2,1-4H3/t10-/m1/s1. The Bertz CT molecular complexity index is 307. The molecule has 0 saturated heterocycles. The third-order valence-electron chi connectivity index (χ3n) is 2.58. The second-order valence-electron chi connectivity index (χ2n) is 4.04. The highest BCUT2D eigenvalue weighted by atomic mass is 16.5. The molecule has 1 rings (SSSR count). The van der Waals surface area contributed by atoms with Crippen molar-refractivity contribution in [3.05, 3.63) is 23.8 Å². The first kappa shape index (κ1) is 10.9. The van der Waals surface area contributed by atoms with Crippen LogP contribution in [0.15, 0.2) is 18.2 Å². The molecular weight excluding hydrogens is 174 g/mol. The molecular formula is C12H19NO. The quantitative estimate of drug-likeness (QED) is 0.749. The number of ether oxygens (including phenoxy) is 1. The van der Waals surface area contributed by atoms with Gasteiger partial charge < -0.3 is 10.5 Å². The monoisotopic (exact) mass is 193 g/mol. The Morgan fingerprint density at radius 1 is 1.21 bits per heavy atom. The topological polar surface area (TPSA) is 35.2 Å². The summed E-state index contributed by atoms with van der Waals surface area (Å²) in [6.45, 7) is 8.35. The summed E-state index contributed by atoms with van der Waals surface area (Å²) in [7, 11) is 0. The van der Waals surface area contributed by atoms with Crippen LogP contribution in [0.2, 0.25) is 0 Å². The van der Waals surface area contributed by atoms with Crippen molar-refractivity contribution >= 4 is 5.69 Å². The SMILES string of the molecule is Cc1c(N)cccc1O[C@H](C)C(C)C. The van der Waals surface area contributed by atoms with Gasteiger partial charge in [0.25, 0.3) is 0 Å². The summed E-state index contributed by atoms with van der Waals surface area (Å²) in [4.78, 5) is 0. The Balaban J connectivity index is 2.82. The smallest absolute Gasteiger partial charge is 0.124 e. The van der Waals surface area contributed by atoms with Gasteiger partial charge in [0.1, 0.15) is 5.75 Å². The Kier molecular flexibility index (Phi) is 3.39. The van der Waals surface area contributed by atoms with Crippen LogP contribution < -0.4 is 10.5 Å². The molecule has 0 fully saturated rings. The summed E-state index contributed by atoms with van der Waals surface area (Å²) in [5, 5.41) is 0. The number of nitrogen functional groups attached to an aromatic ring is 1. The van der Waals surface area contributed by atoms with E-state index < -0.39 is 0 Å². The molecule has 0 amide bonds. The number of benzene rings is 1. The number of rotatable bonds is 3. The second-order valence-corrected chi connectivity index (χ2v) is 4.04. The van der Waals surface area contributed by atoms with Crippen molar-refractivity contribution in [3.8, 4) is 5.75 Å². The van der Waals surface area contributed by atoms with Gasteiger partial charge in [0.05, 0.1) is 6.10 Å². The third kappa shape index (κ3) is 2.41. The first-order chi connectivity index (χ1) is 6.52. The molecule has 2 nitrogen and oxygen atoms in total. The van der Waals surface area contributed by atoms with Gasteiger partial charge in [-0.1, -0.05) is 19.9 Å². The number of nitrogens with two attached hydrogens (primary N) is 1. The van der Waals surface area contributed by atoms with Crippen LogP contribution in [0, 0.1) is 12.8 Å². The van der Waals surface area contributed by atoms with Gasteiger partial charge in [0.2, 0.25) is 0 Å². The minimum absolute atomic E-state index is 0.218. The molecule has 1 atom stereocenters. The minimum Gasteiger partial charge on any atom is -0.490 e. The number of anilines is 1. The largest absolute Gasteiger partial charge is 0.490 e. The summed E-state index contributed by atoms with van der Waals surface area (Å²) < 4.78 is 5.81. The minimum atomic E-state index is 0.218. The van der Waals surface area contributed by atoms with Crippen LogP contribution in [-0.4, -0.2) is 6.10 Å². The van der Waals surface area contributed by atoms with Gasteiger partial charge in [-0.25, -0.2) is 0 Å². The molecule has 0 spiro atoms. The third-order valence-corrected chi connectivity index (χ3v) is 2.58. The van der Waals surface area contributed by atoms with Gasteiger partial charge in [0.15, 0.2) is 0 Å². The summed E-state index contributed by atoms with van der Waals surface area (Å²) in [5.41, 5.74) is 7.61. The van der Waals surface area contributed by atoms with Gasteiger partial charge in [-0.05, 0) is 31.9 Å². The molecule has 78 valence electrons. The van der Waals surface area contributed by atoms with E-state index in [1.807, 2.05) is 25.1 Å². The summed E-state index contributed by atoms with van der Waals surface area (Å²) in [6.07, 6.45) is 0.218. The lowest BCUT2D eigenvalue weighted by Crippen LogP contribution is -2.19. The molecule has 0 heterocycles. The molecule has 0 aliphatic rings. The maximum absolute atomic E-state index is 5.81. The Hall–Kier alpha value is -1.18. The first-order valence-corrected chi connectivity index (χ1v) is 5.04. The second kappa shape index (κ2) is 4.36. The van der Waals surface area contributed by atoms with Crippen molar-refractivity contribution < 1.29 is 4.74 Å². The van der Waals surface area contributed by atoms with Crippen LogP contribution in [0.25, 0.3) is 0 Å². The maximum atomic E-state index is 5.81. The zero-order valence-electron chi connectivity index (χ0n) is 9.37. The Labute approximate surface area is 86.1 Å². The van der Waals surface area contributed by atoms with E-state index in [0.717, 1.165) is 17.0 Å². The summed E-state index contributed by atoms with van der Waals surface area (Å²) in [6, 6.07) is 5.78. The zero-order valence-corrected chi connectivity index (χ0v) is 9.37. The fraction of sp³-hybridized carbons (Fsp3) is 0.500. The van der Waals surface area contributed by atoms with Gasteiger partial charge >= 0.3 is 0 Å². The van der Waals surface area contributed by atoms with E-state index in [0.29, 0.717) is 5.92 Å². The van der Waals surface area contributed by atoms with Crippen LogP contribution in [0.3, 0.4) is 0 Å². The molecule has 2 heteroatoms. The predicted octanol–water partition coefficient (Wildman–Crippen LogP) is 3.00. The van der Waals surface area contributed by atoms with Crippen molar-refractivity contribution in [2.24, 2.45) is 5.92 Å². The van der Waals surface area contributed by atoms with Crippen LogP contribution in [0.5, 0.6) is 5.75 Å². The highest BCUT2D eigenvalue weighted by Gasteiger charge is 2.10. The van der Waals surface area contributed by atoms with Gasteiger partial charge in [-0.15, -0.1) is 0 Å². The molecule has 0 aliphatic carbocycles. The average Bonchev–Trinajstić information content (AvgIpc) is 2.12. The Morgan fingerprint density at radius 2 is 1.86 bits per heavy atom. The highest BCUT2D eigenvalue weighted by molar-refractivity contribution is 5.53. The van der Waals surface area contributed by atoms with Crippen molar-refractivity contribution in [2.45, 2.75) is 33.8 Å². The lowest BCUT2D eigenvalue weighted by Gasteiger charge is -2.19. The van der Waals surface area contributed by atoms with E-state index in [1.165, 1.54) is 0 Å². The maximum Gasteiger partial charge on any atom is 0.124 e. The van der Waals surface area contributed by atoms with Crippen LogP contribution in [0.1, 0.15) is 26.3 Å². The molecule has 0 aliphatic heterocycles. The number of hydrogen-bond donors (Lipinski definition) is 1. The van der Waals surface area contributed by atoms with E-state index in [1.54, 1.807) is 0 Å². The van der Waals surface area contributed by atoms with Crippen molar-refractivity contribution in [2.75, 3.05) is 5.73 Å². The molecule has 1 aromatic rings. The fourth-order valence-electron chi connectivity index (χ4n) is 1.10. The summed E-state index contributed by atoms with van der Waals surface area (Å²) in [5.74, 6) is 1.40. The molecule has 1 aromatic carbocycles. The van der Waals surface area contributed by atoms with E-state index in [2.05, 4.69) is 20.8 Å². The van der Waals surface area contributed by atoms with E-state index in [-0.39, 0.29) is 6.10 Å². The van der Waals surface area contributed by atoms with E-state index >= 15 is 0 Å². The van der Waals surface area contributed by atoms with Gasteiger partial charge in [-0.2, -0.15) is 0 Å². The van der Waals surface area contributed by atoms with Crippen LogP contribution in [0.4, 0.5) is 5.69 Å². The van der Waals surface area contributed by atoms with Crippen LogP contribution in [-0.2, 0) is 0 Å². The molecule has 14 heavy (non-hydrogen) atoms. The summed E-state index contributed by atoms with van der Waals surface area (Å²) >= 11 is 0. The van der Waals surface area contributed by atoms with Crippen molar-refractivity contribution in [1.82, 2.24) is 0 Å². The molecule has 0 unspecified atom stereocenters. The van der Waals surface area contributed by atoms with E-state index in [9.17, 15) is 0 Å². The highest BCUT2D eigenvalue weighted by Crippen LogP contribution is 2.25. The fourth-order valence-corrected chi connectivity index (χ4v) is 1.10. The average molecular weight is 193 g/mol. The number of hydrogen-bond acceptors (Lipinski definition) is 2.